The number of hydrogen-bond donors (Lipinski definition) is 1. The maximum atomic E-state index is 13.2. The van der Waals surface area contributed by atoms with Gasteiger partial charge in [0.25, 0.3) is 0 Å². The average molecular weight is 378 g/mol. The topological polar surface area (TPSA) is 58.1 Å². The van der Waals surface area contributed by atoms with Gasteiger partial charge in [0.15, 0.2) is 0 Å². The van der Waals surface area contributed by atoms with E-state index in [4.69, 9.17) is 0 Å². The third-order valence-electron chi connectivity index (χ3n) is 4.26. The smallest absolute Gasteiger partial charge is 0.338 e. The second-order valence-corrected chi connectivity index (χ2v) is 6.47. The molecule has 5 nitrogen and oxygen atoms in total. The highest BCUT2D eigenvalue weighted by molar-refractivity contribution is 7.00. The lowest BCUT2D eigenvalue weighted by Crippen LogP contribution is -2.46. The monoisotopic (exact) mass is 378 g/mol. The molecule has 1 fully saturated rings. The molecule has 26 heavy (non-hydrogen) atoms. The third-order valence-corrected chi connectivity index (χ3v) is 4.80. The van der Waals surface area contributed by atoms with Crippen molar-refractivity contribution >= 4 is 34.5 Å². The third kappa shape index (κ3) is 2.98. The Bertz CT molecular complexity index is 968. The van der Waals surface area contributed by atoms with E-state index in [0.717, 1.165) is 30.3 Å². The number of fused-ring (bicyclic) bond motifs is 1. The van der Waals surface area contributed by atoms with Gasteiger partial charge in [-0.25, -0.2) is 4.79 Å². The van der Waals surface area contributed by atoms with Crippen LogP contribution in [0.1, 0.15) is 12.0 Å². The first-order valence-electron chi connectivity index (χ1n) is 7.93. The fourth-order valence-corrected chi connectivity index (χ4v) is 3.51. The van der Waals surface area contributed by atoms with Crippen molar-refractivity contribution in [2.24, 2.45) is 0 Å². The van der Waals surface area contributed by atoms with Gasteiger partial charge in [-0.2, -0.15) is 21.9 Å². The van der Waals surface area contributed by atoms with Crippen LogP contribution < -0.4 is 10.2 Å². The van der Waals surface area contributed by atoms with E-state index in [0.29, 0.717) is 35.4 Å². The van der Waals surface area contributed by atoms with Crippen molar-refractivity contribution in [2.75, 3.05) is 18.0 Å². The lowest BCUT2D eigenvalue weighted by atomic mass is 10.0. The van der Waals surface area contributed by atoms with Crippen molar-refractivity contribution in [3.8, 4) is 11.1 Å². The minimum atomic E-state index is -4.46. The SMILES string of the molecule is O=C1NCCCN1c1ccc(-c2cc(C(F)(F)F)cc3nsnc23)cc1. The molecule has 9 heteroatoms. The molecule has 2 heterocycles. The van der Waals surface area contributed by atoms with Crippen LogP contribution in [0.15, 0.2) is 36.4 Å². The Kier molecular flexibility index (Phi) is 4.03. The lowest BCUT2D eigenvalue weighted by Gasteiger charge is -2.27. The molecular weight excluding hydrogens is 365 g/mol. The fraction of sp³-hybridized carbons (Fsp3) is 0.235. The zero-order valence-electron chi connectivity index (χ0n) is 13.4. The number of nitrogens with zero attached hydrogens (tertiary/aromatic N) is 3. The Morgan fingerprint density at radius 2 is 1.88 bits per heavy atom. The number of benzene rings is 2. The summed E-state index contributed by atoms with van der Waals surface area (Å²) in [6, 6.07) is 8.78. The van der Waals surface area contributed by atoms with Crippen LogP contribution in [0.4, 0.5) is 23.7 Å². The van der Waals surface area contributed by atoms with Gasteiger partial charge in [0.1, 0.15) is 11.0 Å². The second kappa shape index (κ2) is 6.24. The summed E-state index contributed by atoms with van der Waals surface area (Å²) in [6.45, 7) is 1.25. The average Bonchev–Trinajstić information content (AvgIpc) is 3.09. The van der Waals surface area contributed by atoms with Gasteiger partial charge in [-0.15, -0.1) is 0 Å². The molecule has 0 aliphatic carbocycles. The summed E-state index contributed by atoms with van der Waals surface area (Å²) in [5.41, 5.74) is 1.57. The van der Waals surface area contributed by atoms with E-state index in [-0.39, 0.29) is 11.5 Å². The molecule has 1 N–H and O–H groups in total. The minimum Gasteiger partial charge on any atom is -0.338 e. The van der Waals surface area contributed by atoms with Crippen LogP contribution in [-0.2, 0) is 6.18 Å². The summed E-state index contributed by atoms with van der Waals surface area (Å²) in [5, 5.41) is 2.77. The number of hydrogen-bond acceptors (Lipinski definition) is 4. The summed E-state index contributed by atoms with van der Waals surface area (Å²) < 4.78 is 47.6. The van der Waals surface area contributed by atoms with Crippen LogP contribution in [0, 0.1) is 0 Å². The molecule has 0 radical (unpaired) electrons. The molecule has 0 bridgehead atoms. The van der Waals surface area contributed by atoms with E-state index in [9.17, 15) is 18.0 Å². The molecule has 0 atom stereocenters. The number of carbonyl (C=O) groups is 1. The van der Waals surface area contributed by atoms with E-state index < -0.39 is 11.7 Å². The number of halogens is 3. The zero-order valence-corrected chi connectivity index (χ0v) is 14.2. The van der Waals surface area contributed by atoms with Crippen LogP contribution >= 0.6 is 11.7 Å². The van der Waals surface area contributed by atoms with Crippen molar-refractivity contribution in [3.05, 3.63) is 42.0 Å². The molecular formula is C17H13F3N4OS. The predicted octanol–water partition coefficient (Wildman–Crippen LogP) is 4.30. The number of alkyl halides is 3. The zero-order chi connectivity index (χ0) is 18.3. The number of amides is 2. The van der Waals surface area contributed by atoms with Crippen LogP contribution in [0.2, 0.25) is 0 Å². The van der Waals surface area contributed by atoms with E-state index >= 15 is 0 Å². The largest absolute Gasteiger partial charge is 0.416 e. The van der Waals surface area contributed by atoms with Gasteiger partial charge in [0, 0.05) is 24.3 Å². The highest BCUT2D eigenvalue weighted by atomic mass is 32.1. The number of aromatic nitrogens is 2. The normalized spacial score (nSPS) is 15.3. The van der Waals surface area contributed by atoms with Crippen molar-refractivity contribution in [1.29, 1.82) is 0 Å². The summed E-state index contributed by atoms with van der Waals surface area (Å²) in [4.78, 5) is 13.5. The standard InChI is InChI=1S/C17H13F3N4OS/c18-17(19,20)11-8-13(15-14(9-11)22-26-23-15)10-2-4-12(5-3-10)24-7-1-6-21-16(24)25/h2-5,8-9H,1,6-7H2,(H,21,25). The van der Waals surface area contributed by atoms with Crippen molar-refractivity contribution in [1.82, 2.24) is 14.1 Å². The maximum Gasteiger partial charge on any atom is 0.416 e. The molecule has 3 aromatic rings. The van der Waals surface area contributed by atoms with E-state index in [1.165, 1.54) is 0 Å². The van der Waals surface area contributed by atoms with Crippen LogP contribution in [-0.4, -0.2) is 27.9 Å². The maximum absolute atomic E-state index is 13.2. The van der Waals surface area contributed by atoms with Crippen LogP contribution in [0.3, 0.4) is 0 Å². The van der Waals surface area contributed by atoms with Gasteiger partial charge in [0.2, 0.25) is 0 Å². The molecule has 2 aromatic carbocycles. The number of urea groups is 1. The van der Waals surface area contributed by atoms with Crippen molar-refractivity contribution in [2.45, 2.75) is 12.6 Å². The quantitative estimate of drug-likeness (QED) is 0.723. The predicted molar refractivity (Wildman–Crippen MR) is 93.2 cm³/mol. The van der Waals surface area contributed by atoms with Gasteiger partial charge >= 0.3 is 12.2 Å². The molecule has 134 valence electrons. The number of carbonyl (C=O) groups excluding carboxylic acids is 1. The Labute approximate surface area is 150 Å². The first-order chi connectivity index (χ1) is 12.4. The Morgan fingerprint density at radius 1 is 1.12 bits per heavy atom. The molecule has 1 saturated heterocycles. The molecule has 0 unspecified atom stereocenters. The molecule has 0 spiro atoms. The first-order valence-corrected chi connectivity index (χ1v) is 8.66. The van der Waals surface area contributed by atoms with Crippen LogP contribution in [0.5, 0.6) is 0 Å². The van der Waals surface area contributed by atoms with Gasteiger partial charge in [-0.3, -0.25) is 4.90 Å². The highest BCUT2D eigenvalue weighted by Crippen LogP contribution is 2.37. The molecule has 0 saturated carbocycles. The molecule has 4 rings (SSSR count). The van der Waals surface area contributed by atoms with E-state index in [1.54, 1.807) is 29.2 Å². The molecule has 2 amide bonds. The molecule has 1 aromatic heterocycles. The van der Waals surface area contributed by atoms with Crippen LogP contribution in [0.25, 0.3) is 22.2 Å². The molecule has 1 aliphatic heterocycles. The summed E-state index contributed by atoms with van der Waals surface area (Å²) in [7, 11) is 0. The van der Waals surface area contributed by atoms with Gasteiger partial charge in [-0.05, 0) is 36.2 Å². The van der Waals surface area contributed by atoms with Gasteiger partial charge in [0.05, 0.1) is 17.3 Å². The Balaban J connectivity index is 1.75. The van der Waals surface area contributed by atoms with Crippen molar-refractivity contribution < 1.29 is 18.0 Å². The first kappa shape index (κ1) is 16.8. The minimum absolute atomic E-state index is 0.172. The number of anilines is 1. The van der Waals surface area contributed by atoms with Gasteiger partial charge in [-0.1, -0.05) is 12.1 Å². The fourth-order valence-electron chi connectivity index (χ4n) is 2.97. The van der Waals surface area contributed by atoms with Crippen molar-refractivity contribution in [3.63, 3.8) is 0 Å². The van der Waals surface area contributed by atoms with Gasteiger partial charge < -0.3 is 5.32 Å². The van der Waals surface area contributed by atoms with E-state index in [1.807, 2.05) is 0 Å². The lowest BCUT2D eigenvalue weighted by molar-refractivity contribution is -0.137. The summed E-state index contributed by atoms with van der Waals surface area (Å²) in [6.07, 6.45) is -3.62. The molecule has 1 aliphatic rings. The Morgan fingerprint density at radius 3 is 2.58 bits per heavy atom. The Hall–Kier alpha value is -2.68. The number of nitrogens with one attached hydrogen (secondary N) is 1. The summed E-state index contributed by atoms with van der Waals surface area (Å²) in [5.74, 6) is 0. The van der Waals surface area contributed by atoms with E-state index in [2.05, 4.69) is 14.1 Å². The highest BCUT2D eigenvalue weighted by Gasteiger charge is 2.32. The second-order valence-electron chi connectivity index (χ2n) is 5.94. The summed E-state index contributed by atoms with van der Waals surface area (Å²) >= 11 is 0.879. The number of rotatable bonds is 2.